The zero-order chi connectivity index (χ0) is 18.8. The molecule has 25 heavy (non-hydrogen) atoms. The smallest absolute Gasteiger partial charge is 0.323 e. The fraction of sp³-hybridized carbons (Fsp3) is 0.900. The average Bonchev–Trinajstić information content (AvgIpc) is 2.57. The predicted octanol–water partition coefficient (Wildman–Crippen LogP) is 4.21. The molecule has 5 heteroatoms. The molecular weight excluding hydrogens is 316 g/mol. The fourth-order valence-corrected chi connectivity index (χ4v) is 2.88. The van der Waals surface area contributed by atoms with Crippen molar-refractivity contribution in [2.24, 2.45) is 11.5 Å². The van der Waals surface area contributed by atoms with Gasteiger partial charge in [0.25, 0.3) is 0 Å². The van der Waals surface area contributed by atoms with Crippen LogP contribution in [0.1, 0.15) is 103 Å². The number of carbonyl (C=O) groups excluding carboxylic acids is 2. The number of primary amides is 1. The van der Waals surface area contributed by atoms with Gasteiger partial charge in [-0.25, -0.2) is 0 Å². The molecule has 0 aliphatic rings. The number of carbonyl (C=O) groups is 2. The summed E-state index contributed by atoms with van der Waals surface area (Å²) in [5.74, 6) is -1.12. The van der Waals surface area contributed by atoms with E-state index in [0.29, 0.717) is 6.61 Å². The molecule has 148 valence electrons. The monoisotopic (exact) mass is 356 g/mol. The Balaban J connectivity index is 3.21. The molecule has 0 aromatic rings. The summed E-state index contributed by atoms with van der Waals surface area (Å²) in [6.07, 6.45) is 17.9. The molecule has 0 aromatic heterocycles. The van der Waals surface area contributed by atoms with Gasteiger partial charge in [0, 0.05) is 0 Å². The van der Waals surface area contributed by atoms with Crippen molar-refractivity contribution < 1.29 is 14.3 Å². The van der Waals surface area contributed by atoms with Crippen LogP contribution in [-0.2, 0) is 14.3 Å². The minimum atomic E-state index is -0.927. The Morgan fingerprint density at radius 2 is 1.16 bits per heavy atom. The Kier molecular flexibility index (Phi) is 16.9. The lowest BCUT2D eigenvalue weighted by Gasteiger charge is -2.09. The van der Waals surface area contributed by atoms with Crippen molar-refractivity contribution in [2.45, 2.75) is 109 Å². The number of nitrogens with two attached hydrogens (primary N) is 2. The van der Waals surface area contributed by atoms with Crippen LogP contribution in [0.3, 0.4) is 0 Å². The van der Waals surface area contributed by atoms with Gasteiger partial charge in [-0.2, -0.15) is 0 Å². The van der Waals surface area contributed by atoms with Gasteiger partial charge in [0.1, 0.15) is 6.04 Å². The summed E-state index contributed by atoms with van der Waals surface area (Å²) in [5, 5.41) is 0. The van der Waals surface area contributed by atoms with Crippen LogP contribution in [-0.4, -0.2) is 24.5 Å². The SMILES string of the molecule is CCCCCCCCCCCCCCCCOC(=O)[C@@H](N)CC(N)=O. The molecule has 0 radical (unpaired) electrons. The maximum Gasteiger partial charge on any atom is 0.323 e. The lowest BCUT2D eigenvalue weighted by molar-refractivity contribution is -0.146. The Bertz CT molecular complexity index is 335. The quantitative estimate of drug-likeness (QED) is 0.284. The zero-order valence-corrected chi connectivity index (χ0v) is 16.3. The number of rotatable bonds is 18. The highest BCUT2D eigenvalue weighted by Gasteiger charge is 2.16. The van der Waals surface area contributed by atoms with Gasteiger partial charge in [0.05, 0.1) is 13.0 Å². The molecule has 0 aliphatic carbocycles. The van der Waals surface area contributed by atoms with Crippen molar-refractivity contribution >= 4 is 11.9 Å². The number of ether oxygens (including phenoxy) is 1. The maximum absolute atomic E-state index is 11.5. The number of unbranched alkanes of at least 4 members (excludes halogenated alkanes) is 13. The minimum absolute atomic E-state index is 0.155. The van der Waals surface area contributed by atoms with Crippen molar-refractivity contribution in [1.82, 2.24) is 0 Å². The third kappa shape index (κ3) is 17.5. The molecule has 0 saturated heterocycles. The van der Waals surface area contributed by atoms with Crippen molar-refractivity contribution in [3.63, 3.8) is 0 Å². The standard InChI is InChI=1S/C20H40N2O3/c1-2-3-4-5-6-7-8-9-10-11-12-13-14-15-16-25-20(24)18(21)17-19(22)23/h18H,2-17,21H2,1H3,(H2,22,23)/t18-/m0/s1. The highest BCUT2D eigenvalue weighted by molar-refractivity contribution is 5.84. The highest BCUT2D eigenvalue weighted by atomic mass is 16.5. The molecule has 0 fully saturated rings. The summed E-state index contributed by atoms with van der Waals surface area (Å²) < 4.78 is 5.04. The van der Waals surface area contributed by atoms with E-state index in [-0.39, 0.29) is 6.42 Å². The maximum atomic E-state index is 11.5. The van der Waals surface area contributed by atoms with E-state index in [1.807, 2.05) is 0 Å². The first-order valence-corrected chi connectivity index (χ1v) is 10.3. The average molecular weight is 357 g/mol. The Labute approximate surface area is 154 Å². The van der Waals surface area contributed by atoms with Gasteiger partial charge in [-0.15, -0.1) is 0 Å². The second-order valence-corrected chi connectivity index (χ2v) is 7.04. The van der Waals surface area contributed by atoms with Gasteiger partial charge in [0.2, 0.25) is 5.91 Å². The Hall–Kier alpha value is -1.10. The number of hydrogen-bond acceptors (Lipinski definition) is 4. The molecule has 5 nitrogen and oxygen atoms in total. The van der Waals surface area contributed by atoms with Crippen LogP contribution < -0.4 is 11.5 Å². The van der Waals surface area contributed by atoms with Crippen LogP contribution in [0, 0.1) is 0 Å². The van der Waals surface area contributed by atoms with Crippen LogP contribution in [0.2, 0.25) is 0 Å². The molecule has 1 atom stereocenters. The summed E-state index contributed by atoms with van der Waals surface area (Å²) in [6, 6.07) is -0.927. The van der Waals surface area contributed by atoms with Gasteiger partial charge in [-0.05, 0) is 6.42 Å². The first-order valence-electron chi connectivity index (χ1n) is 10.3. The molecule has 0 rings (SSSR count). The first kappa shape index (κ1) is 23.9. The minimum Gasteiger partial charge on any atom is -0.465 e. The molecule has 0 unspecified atom stereocenters. The van der Waals surface area contributed by atoms with Gasteiger partial charge in [-0.3, -0.25) is 9.59 Å². The van der Waals surface area contributed by atoms with Crippen molar-refractivity contribution in [1.29, 1.82) is 0 Å². The Morgan fingerprint density at radius 3 is 1.56 bits per heavy atom. The van der Waals surface area contributed by atoms with Crippen LogP contribution in [0.15, 0.2) is 0 Å². The molecule has 0 heterocycles. The summed E-state index contributed by atoms with van der Waals surface area (Å²) in [5.41, 5.74) is 10.5. The zero-order valence-electron chi connectivity index (χ0n) is 16.3. The third-order valence-corrected chi connectivity index (χ3v) is 4.47. The van der Waals surface area contributed by atoms with Crippen LogP contribution in [0.5, 0.6) is 0 Å². The number of hydrogen-bond donors (Lipinski definition) is 2. The molecule has 4 N–H and O–H groups in total. The molecule has 0 aliphatic heterocycles. The summed E-state index contributed by atoms with van der Waals surface area (Å²) in [6.45, 7) is 2.64. The van der Waals surface area contributed by atoms with Gasteiger partial charge in [-0.1, -0.05) is 90.4 Å². The van der Waals surface area contributed by atoms with Crippen molar-refractivity contribution in [2.75, 3.05) is 6.61 Å². The fourth-order valence-electron chi connectivity index (χ4n) is 2.88. The normalized spacial score (nSPS) is 12.1. The molecule has 0 bridgehead atoms. The van der Waals surface area contributed by atoms with E-state index in [0.717, 1.165) is 12.8 Å². The second kappa shape index (κ2) is 17.7. The topological polar surface area (TPSA) is 95.4 Å². The van der Waals surface area contributed by atoms with Crippen LogP contribution in [0.25, 0.3) is 0 Å². The molecule has 0 aromatic carbocycles. The van der Waals surface area contributed by atoms with Gasteiger partial charge < -0.3 is 16.2 Å². The lowest BCUT2D eigenvalue weighted by Crippen LogP contribution is -2.36. The largest absolute Gasteiger partial charge is 0.465 e. The molecule has 1 amide bonds. The van der Waals surface area contributed by atoms with E-state index >= 15 is 0 Å². The molecular formula is C20H40N2O3. The Morgan fingerprint density at radius 1 is 0.760 bits per heavy atom. The van der Waals surface area contributed by atoms with E-state index < -0.39 is 17.9 Å². The molecule has 0 spiro atoms. The second-order valence-electron chi connectivity index (χ2n) is 7.04. The van der Waals surface area contributed by atoms with Crippen LogP contribution in [0.4, 0.5) is 0 Å². The van der Waals surface area contributed by atoms with Crippen molar-refractivity contribution in [3.05, 3.63) is 0 Å². The van der Waals surface area contributed by atoms with Gasteiger partial charge >= 0.3 is 5.97 Å². The third-order valence-electron chi connectivity index (χ3n) is 4.47. The van der Waals surface area contributed by atoms with Gasteiger partial charge in [0.15, 0.2) is 0 Å². The first-order chi connectivity index (χ1) is 12.1. The van der Waals surface area contributed by atoms with E-state index in [1.165, 1.54) is 77.0 Å². The van der Waals surface area contributed by atoms with Crippen molar-refractivity contribution in [3.8, 4) is 0 Å². The van der Waals surface area contributed by atoms with E-state index in [1.54, 1.807) is 0 Å². The predicted molar refractivity (Wildman–Crippen MR) is 103 cm³/mol. The summed E-state index contributed by atoms with van der Waals surface area (Å²) in [7, 11) is 0. The van der Waals surface area contributed by atoms with E-state index in [9.17, 15) is 9.59 Å². The molecule has 0 saturated carbocycles. The summed E-state index contributed by atoms with van der Waals surface area (Å²) in [4.78, 5) is 22.1. The van der Waals surface area contributed by atoms with Crippen LogP contribution >= 0.6 is 0 Å². The number of esters is 1. The lowest BCUT2D eigenvalue weighted by atomic mass is 10.0. The highest BCUT2D eigenvalue weighted by Crippen LogP contribution is 2.12. The summed E-state index contributed by atoms with van der Waals surface area (Å²) >= 11 is 0. The number of amides is 1. The van der Waals surface area contributed by atoms with E-state index in [4.69, 9.17) is 16.2 Å². The van der Waals surface area contributed by atoms with E-state index in [2.05, 4.69) is 6.92 Å².